The van der Waals surface area contributed by atoms with Crippen LogP contribution >= 0.6 is 0 Å². The standard InChI is InChI=1S/C22H17NO4S2/c24-28(25,18-10-3-1-4-11-18)22(29(26,27)19-12-5-2-6-13-19)21-16-15-17-9-7-8-14-20(17)23-21/h1-16,22H. The molecule has 3 aromatic carbocycles. The minimum atomic E-state index is -4.28. The van der Waals surface area contributed by atoms with Crippen LogP contribution in [-0.4, -0.2) is 21.8 Å². The zero-order chi connectivity index (χ0) is 20.5. The summed E-state index contributed by atoms with van der Waals surface area (Å²) in [6.45, 7) is 0. The van der Waals surface area contributed by atoms with Gasteiger partial charge in [0.15, 0.2) is 0 Å². The van der Waals surface area contributed by atoms with Gasteiger partial charge in [0.25, 0.3) is 0 Å². The molecule has 0 fully saturated rings. The number of hydrogen-bond acceptors (Lipinski definition) is 5. The van der Waals surface area contributed by atoms with Crippen molar-refractivity contribution in [1.29, 1.82) is 0 Å². The van der Waals surface area contributed by atoms with Crippen LogP contribution in [0.3, 0.4) is 0 Å². The number of rotatable bonds is 5. The van der Waals surface area contributed by atoms with Gasteiger partial charge in [-0.3, -0.25) is 4.98 Å². The lowest BCUT2D eigenvalue weighted by atomic mass is 10.2. The van der Waals surface area contributed by atoms with E-state index in [-0.39, 0.29) is 15.5 Å². The van der Waals surface area contributed by atoms with Crippen molar-refractivity contribution in [2.75, 3.05) is 0 Å². The van der Waals surface area contributed by atoms with Gasteiger partial charge in [-0.05, 0) is 36.4 Å². The third-order valence-electron chi connectivity index (χ3n) is 4.57. The molecule has 0 spiro atoms. The van der Waals surface area contributed by atoms with Crippen LogP contribution in [0.2, 0.25) is 0 Å². The van der Waals surface area contributed by atoms with Gasteiger partial charge < -0.3 is 0 Å². The molecular weight excluding hydrogens is 406 g/mol. The Morgan fingerprint density at radius 1 is 0.552 bits per heavy atom. The molecule has 0 atom stereocenters. The lowest BCUT2D eigenvalue weighted by Crippen LogP contribution is -2.24. The Morgan fingerprint density at radius 2 is 1.03 bits per heavy atom. The van der Waals surface area contributed by atoms with Crippen molar-refractivity contribution in [3.8, 4) is 0 Å². The number of benzene rings is 3. The summed E-state index contributed by atoms with van der Waals surface area (Å²) in [5, 5.41) is 0.796. The Bertz CT molecular complexity index is 1300. The zero-order valence-electron chi connectivity index (χ0n) is 15.2. The van der Waals surface area contributed by atoms with E-state index in [4.69, 9.17) is 0 Å². The van der Waals surface area contributed by atoms with Gasteiger partial charge in [0.05, 0.1) is 21.0 Å². The molecule has 4 aromatic rings. The fourth-order valence-corrected chi connectivity index (χ4v) is 7.63. The van der Waals surface area contributed by atoms with E-state index >= 15 is 0 Å². The number of fused-ring (bicyclic) bond motifs is 1. The molecule has 5 nitrogen and oxygen atoms in total. The Morgan fingerprint density at radius 3 is 1.59 bits per heavy atom. The number of aromatic nitrogens is 1. The Hall–Kier alpha value is -3.03. The molecule has 7 heteroatoms. The van der Waals surface area contributed by atoms with E-state index in [0.717, 1.165) is 5.39 Å². The molecular formula is C22H17NO4S2. The fraction of sp³-hybridized carbons (Fsp3) is 0.0455. The highest BCUT2D eigenvalue weighted by atomic mass is 32.3. The highest BCUT2D eigenvalue weighted by molar-refractivity contribution is 8.08. The van der Waals surface area contributed by atoms with E-state index in [9.17, 15) is 16.8 Å². The fourth-order valence-electron chi connectivity index (χ4n) is 3.17. The molecule has 0 aliphatic carbocycles. The highest BCUT2D eigenvalue weighted by Gasteiger charge is 2.42. The third-order valence-corrected chi connectivity index (χ3v) is 9.56. The monoisotopic (exact) mass is 423 g/mol. The van der Waals surface area contributed by atoms with Crippen LogP contribution in [0.4, 0.5) is 0 Å². The molecule has 0 N–H and O–H groups in total. The number of nitrogens with zero attached hydrogens (tertiary/aromatic N) is 1. The number of sulfone groups is 2. The summed E-state index contributed by atoms with van der Waals surface area (Å²) >= 11 is 0. The second-order valence-electron chi connectivity index (χ2n) is 6.48. The number of para-hydroxylation sites is 1. The maximum atomic E-state index is 13.5. The Balaban J connectivity index is 1.99. The van der Waals surface area contributed by atoms with Crippen LogP contribution in [0.1, 0.15) is 10.3 Å². The second kappa shape index (κ2) is 7.42. The van der Waals surface area contributed by atoms with Gasteiger partial charge in [-0.15, -0.1) is 0 Å². The molecule has 0 amide bonds. The van der Waals surface area contributed by atoms with Gasteiger partial charge in [-0.2, -0.15) is 0 Å². The van der Waals surface area contributed by atoms with Crippen molar-refractivity contribution >= 4 is 30.6 Å². The molecule has 29 heavy (non-hydrogen) atoms. The smallest absolute Gasteiger partial charge is 0.213 e. The van der Waals surface area contributed by atoms with Crippen molar-refractivity contribution in [1.82, 2.24) is 4.98 Å². The second-order valence-corrected chi connectivity index (χ2v) is 10.8. The molecule has 4 rings (SSSR count). The average Bonchev–Trinajstić information content (AvgIpc) is 2.75. The van der Waals surface area contributed by atoms with Gasteiger partial charge in [0, 0.05) is 5.39 Å². The van der Waals surface area contributed by atoms with Crippen LogP contribution in [0, 0.1) is 0 Å². The molecule has 0 unspecified atom stereocenters. The summed E-state index contributed by atoms with van der Waals surface area (Å²) in [5.41, 5.74) is 0.498. The predicted octanol–water partition coefficient (Wildman–Crippen LogP) is 4.18. The molecule has 0 aliphatic heterocycles. The summed E-state index contributed by atoms with van der Waals surface area (Å²) in [4.78, 5) is 4.26. The van der Waals surface area contributed by atoms with E-state index < -0.39 is 24.3 Å². The summed E-state index contributed by atoms with van der Waals surface area (Å²) in [5.74, 6) is 0. The van der Waals surface area contributed by atoms with Crippen LogP contribution in [-0.2, 0) is 19.7 Å². The van der Waals surface area contributed by atoms with E-state index in [1.165, 1.54) is 30.3 Å². The van der Waals surface area contributed by atoms with Crippen molar-refractivity contribution in [2.24, 2.45) is 0 Å². The summed E-state index contributed by atoms with van der Waals surface area (Å²) in [7, 11) is -8.56. The molecule has 0 saturated heterocycles. The van der Waals surface area contributed by atoms with E-state index in [1.807, 2.05) is 12.1 Å². The first-order valence-corrected chi connectivity index (χ1v) is 11.9. The molecule has 0 aliphatic rings. The maximum absolute atomic E-state index is 13.5. The SMILES string of the molecule is O=S(=O)(c1ccccc1)C(c1ccc2ccccc2n1)S(=O)(=O)c1ccccc1. The number of hydrogen-bond donors (Lipinski definition) is 0. The molecule has 1 heterocycles. The summed E-state index contributed by atoms with van der Waals surface area (Å²) < 4.78 is 52.0. The third kappa shape index (κ3) is 3.54. The van der Waals surface area contributed by atoms with Gasteiger partial charge in [-0.25, -0.2) is 16.8 Å². The van der Waals surface area contributed by atoms with Gasteiger partial charge >= 0.3 is 0 Å². The lowest BCUT2D eigenvalue weighted by molar-refractivity contribution is 0.575. The van der Waals surface area contributed by atoms with E-state index in [2.05, 4.69) is 4.98 Å². The molecule has 0 saturated carbocycles. The van der Waals surface area contributed by atoms with Crippen LogP contribution in [0.15, 0.2) is 107 Å². The molecule has 1 aromatic heterocycles. The summed E-state index contributed by atoms with van der Waals surface area (Å²) in [6, 6.07) is 25.5. The normalized spacial score (nSPS) is 12.3. The van der Waals surface area contributed by atoms with Crippen molar-refractivity contribution in [3.05, 3.63) is 103 Å². The van der Waals surface area contributed by atoms with Gasteiger partial charge in [0.2, 0.25) is 24.3 Å². The minimum Gasteiger partial charge on any atom is -0.250 e. The molecule has 146 valence electrons. The zero-order valence-corrected chi connectivity index (χ0v) is 16.8. The van der Waals surface area contributed by atoms with Gasteiger partial charge in [-0.1, -0.05) is 60.7 Å². The maximum Gasteiger partial charge on any atom is 0.213 e. The van der Waals surface area contributed by atoms with Crippen molar-refractivity contribution < 1.29 is 16.8 Å². The Kier molecular flexibility index (Phi) is 4.94. The van der Waals surface area contributed by atoms with E-state index in [0.29, 0.717) is 5.52 Å². The van der Waals surface area contributed by atoms with E-state index in [1.54, 1.807) is 54.6 Å². The van der Waals surface area contributed by atoms with Crippen LogP contribution in [0.5, 0.6) is 0 Å². The first-order valence-electron chi connectivity index (χ1n) is 8.84. The minimum absolute atomic E-state index is 0.0311. The first kappa shape index (κ1) is 19.3. The molecule has 0 bridgehead atoms. The number of pyridine rings is 1. The van der Waals surface area contributed by atoms with Crippen LogP contribution < -0.4 is 0 Å². The topological polar surface area (TPSA) is 81.2 Å². The van der Waals surface area contributed by atoms with Gasteiger partial charge in [0.1, 0.15) is 0 Å². The molecule has 0 radical (unpaired) electrons. The largest absolute Gasteiger partial charge is 0.250 e. The van der Waals surface area contributed by atoms with Crippen molar-refractivity contribution in [2.45, 2.75) is 14.4 Å². The average molecular weight is 424 g/mol. The quantitative estimate of drug-likeness (QED) is 0.481. The van der Waals surface area contributed by atoms with Crippen LogP contribution in [0.25, 0.3) is 10.9 Å². The first-order chi connectivity index (χ1) is 13.9. The summed E-state index contributed by atoms with van der Waals surface area (Å²) in [6.07, 6.45) is 0. The Labute approximate surface area is 169 Å². The highest BCUT2D eigenvalue weighted by Crippen LogP contribution is 2.37. The predicted molar refractivity (Wildman–Crippen MR) is 112 cm³/mol. The van der Waals surface area contributed by atoms with Crippen molar-refractivity contribution in [3.63, 3.8) is 0 Å². The lowest BCUT2D eigenvalue weighted by Gasteiger charge is -2.19.